The van der Waals surface area contributed by atoms with E-state index in [1.807, 2.05) is 0 Å². The highest BCUT2D eigenvalue weighted by Crippen LogP contribution is 2.39. The van der Waals surface area contributed by atoms with Gasteiger partial charge in [-0.05, 0) is 49.2 Å². The number of methoxy groups -OCH3 is 2. The lowest BCUT2D eigenvalue weighted by molar-refractivity contribution is -0.385. The lowest BCUT2D eigenvalue weighted by atomic mass is 10.2. The maximum atomic E-state index is 11.9. The number of sulfone groups is 2. The van der Waals surface area contributed by atoms with Gasteiger partial charge in [-0.25, -0.2) is 16.8 Å². The first-order valence-corrected chi connectivity index (χ1v) is 20.0. The van der Waals surface area contributed by atoms with E-state index >= 15 is 0 Å². The fourth-order valence-corrected chi connectivity index (χ4v) is 5.94. The van der Waals surface area contributed by atoms with E-state index in [1.54, 1.807) is 26.0 Å². The zero-order valence-corrected chi connectivity index (χ0v) is 32.6. The van der Waals surface area contributed by atoms with Crippen molar-refractivity contribution in [3.63, 3.8) is 0 Å². The highest BCUT2D eigenvalue weighted by molar-refractivity contribution is 7.91. The minimum absolute atomic E-state index is 0.0685. The molecule has 4 rings (SSSR count). The summed E-state index contributed by atoms with van der Waals surface area (Å²) >= 11 is 0. The number of benzene rings is 4. The molecule has 0 aliphatic carbocycles. The van der Waals surface area contributed by atoms with Gasteiger partial charge in [0.1, 0.15) is 32.7 Å². The fourth-order valence-electron chi connectivity index (χ4n) is 4.29. The van der Waals surface area contributed by atoms with Crippen LogP contribution >= 0.6 is 0 Å². The van der Waals surface area contributed by atoms with Crippen LogP contribution < -0.4 is 9.47 Å². The van der Waals surface area contributed by atoms with Gasteiger partial charge in [-0.3, -0.25) is 28.6 Å². The third kappa shape index (κ3) is 13.7. The molecule has 0 aliphatic rings. The molecule has 0 saturated carbocycles. The van der Waals surface area contributed by atoms with Crippen molar-refractivity contribution in [2.75, 3.05) is 26.7 Å². The highest BCUT2D eigenvalue weighted by Gasteiger charge is 2.22. The summed E-state index contributed by atoms with van der Waals surface area (Å²) in [6.07, 6.45) is 1.83. The molecule has 0 bridgehead atoms. The van der Waals surface area contributed by atoms with Crippen LogP contribution in [-0.2, 0) is 30.1 Å². The third-order valence-electron chi connectivity index (χ3n) is 6.84. The van der Waals surface area contributed by atoms with Crippen molar-refractivity contribution in [2.45, 2.75) is 23.6 Å². The third-order valence-corrected chi connectivity index (χ3v) is 9.09. The van der Waals surface area contributed by atoms with Crippen LogP contribution in [0, 0.1) is 44.9 Å². The van der Waals surface area contributed by atoms with Crippen LogP contribution in [0.4, 0.5) is 45.5 Å². The number of azo groups is 2. The average Bonchev–Trinajstić information content (AvgIpc) is 3.11. The van der Waals surface area contributed by atoms with Crippen LogP contribution in [-0.4, -0.2) is 70.9 Å². The van der Waals surface area contributed by atoms with E-state index in [-0.39, 0.29) is 55.3 Å². The molecule has 0 radical (unpaired) electrons. The van der Waals surface area contributed by atoms with Gasteiger partial charge in [0, 0.05) is 47.2 Å². The number of rotatable bonds is 10. The molecule has 4 aromatic carbocycles. The average molecular weight is 849 g/mol. The van der Waals surface area contributed by atoms with E-state index in [0.29, 0.717) is 22.6 Å². The highest BCUT2D eigenvalue weighted by atomic mass is 32.3. The fraction of sp³-hybridized carbons (Fsp3) is 0.200. The van der Waals surface area contributed by atoms with Crippen LogP contribution in [0.15, 0.2) is 90.9 Å². The monoisotopic (exact) mass is 848 g/mol. The summed E-state index contributed by atoms with van der Waals surface area (Å²) in [7, 11) is -9.81. The molecule has 0 unspecified atom stereocenters. The maximum absolute atomic E-state index is 11.9. The number of hydrogen-bond donors (Lipinski definition) is 0. The first-order chi connectivity index (χ1) is 26.3. The maximum Gasteiger partial charge on any atom is 0.415 e. The molecule has 0 atom stereocenters. The van der Waals surface area contributed by atoms with E-state index < -0.39 is 39.9 Å². The van der Waals surface area contributed by atoms with Crippen molar-refractivity contribution >= 4 is 75.6 Å². The van der Waals surface area contributed by atoms with Gasteiger partial charge in [0.2, 0.25) is 10.8 Å². The van der Waals surface area contributed by atoms with Crippen molar-refractivity contribution in [1.29, 1.82) is 10.8 Å². The van der Waals surface area contributed by atoms with E-state index in [1.165, 1.54) is 38.5 Å². The van der Waals surface area contributed by atoms with E-state index in [0.717, 1.165) is 36.8 Å². The van der Waals surface area contributed by atoms with E-state index in [4.69, 9.17) is 37.8 Å². The van der Waals surface area contributed by atoms with E-state index in [9.17, 15) is 37.1 Å². The number of nitrogens with zero attached hydrogens (tertiary/aromatic N) is 10. The molecule has 0 N–H and O–H groups in total. The van der Waals surface area contributed by atoms with Crippen molar-refractivity contribution in [1.82, 2.24) is 0 Å². The van der Waals surface area contributed by atoms with Crippen LogP contribution in [0.3, 0.4) is 0 Å². The Bertz CT molecular complexity index is 2530. The molecule has 57 heavy (non-hydrogen) atoms. The molecule has 0 aromatic heterocycles. The Morgan fingerprint density at radius 3 is 1.12 bits per heavy atom. The van der Waals surface area contributed by atoms with Gasteiger partial charge in [0.15, 0.2) is 41.0 Å². The Kier molecular flexibility index (Phi) is 15.5. The topological polar surface area (TPSA) is 359 Å². The zero-order chi connectivity index (χ0) is 43.5. The molecule has 0 saturated heterocycles. The van der Waals surface area contributed by atoms with Crippen LogP contribution in [0.1, 0.15) is 11.1 Å². The van der Waals surface area contributed by atoms with E-state index in [2.05, 4.69) is 30.4 Å². The lowest BCUT2D eigenvalue weighted by Gasteiger charge is -2.06. The Hall–Kier alpha value is -6.91. The van der Waals surface area contributed by atoms with Gasteiger partial charge in [-0.1, -0.05) is 0 Å². The molecule has 0 amide bonds. The largest absolute Gasteiger partial charge is 0.759 e. The Balaban J connectivity index is 0.000000352. The summed E-state index contributed by atoms with van der Waals surface area (Å²) in [6, 6.07) is 12.4. The molecular formula is C30H28N10O14S3. The number of ether oxygens (including phenoxy) is 2. The Labute approximate surface area is 323 Å². The molecule has 0 spiro atoms. The van der Waals surface area contributed by atoms with Gasteiger partial charge < -0.3 is 18.6 Å². The normalized spacial score (nSPS) is 11.3. The molecule has 300 valence electrons. The second-order valence-corrected chi connectivity index (χ2v) is 15.8. The first kappa shape index (κ1) is 46.2. The molecule has 4 aromatic rings. The van der Waals surface area contributed by atoms with Crippen LogP contribution in [0.2, 0.25) is 0 Å². The summed E-state index contributed by atoms with van der Waals surface area (Å²) in [5, 5.41) is 55.5. The van der Waals surface area contributed by atoms with Gasteiger partial charge in [-0.15, -0.1) is 20.5 Å². The summed E-state index contributed by atoms with van der Waals surface area (Å²) < 4.78 is 91.9. The number of hydrogen-bond acceptors (Lipinski definition) is 20. The molecule has 0 heterocycles. The smallest absolute Gasteiger partial charge is 0.415 e. The van der Waals surface area contributed by atoms with Crippen LogP contribution in [0.25, 0.3) is 9.95 Å². The van der Waals surface area contributed by atoms with Gasteiger partial charge >= 0.3 is 11.4 Å². The second-order valence-electron chi connectivity index (χ2n) is 11.0. The number of nitro groups is 2. The predicted molar refractivity (Wildman–Crippen MR) is 196 cm³/mol. The van der Waals surface area contributed by atoms with Gasteiger partial charge in [0.05, 0.1) is 36.2 Å². The van der Waals surface area contributed by atoms with Gasteiger partial charge in [-0.2, -0.15) is 0 Å². The standard InChI is InChI=1S/2C15H14N5O5S.H2O4S/c2*1-9-6-13(12(17-16)8-14(9)25-2)19-18-11-5-4-10(20(21)22)7-15(11)26(3,23)24;1-5(2,3)4/h2*4-8H,1-3H3;(H2,1,2,3,4)/q2*+1;/p-2. The Morgan fingerprint density at radius 2 is 0.877 bits per heavy atom. The number of diazo groups is 2. The zero-order valence-electron chi connectivity index (χ0n) is 30.2. The number of aryl methyl sites for hydroxylation is 2. The second kappa shape index (κ2) is 19.1. The van der Waals surface area contributed by atoms with Gasteiger partial charge in [0.25, 0.3) is 11.4 Å². The summed E-state index contributed by atoms with van der Waals surface area (Å²) in [5.41, 5.74) is 0.962. The number of non-ortho nitro benzene ring substituents is 2. The summed E-state index contributed by atoms with van der Waals surface area (Å²) in [6.45, 7) is 3.49. The van der Waals surface area contributed by atoms with Crippen LogP contribution in [0.5, 0.6) is 11.5 Å². The predicted octanol–water partition coefficient (Wildman–Crippen LogP) is 7.09. The molecule has 27 heteroatoms. The molecule has 0 fully saturated rings. The SMILES string of the molecule is COc1cc([N+]#N)c(N=Nc2ccc([N+](=O)[O-])cc2S(C)(=O)=O)cc1C.COc1cc([N+]#N)c(N=Nc2ccc([N+](=O)[O-])cc2S(C)(=O)=O)cc1C.O=S(=O)([O-])[O-]. The van der Waals surface area contributed by atoms with Crippen molar-refractivity contribution in [3.8, 4) is 11.5 Å². The first-order valence-electron chi connectivity index (χ1n) is 14.9. The molecule has 0 aliphatic heterocycles. The number of nitro benzene ring substituents is 2. The lowest BCUT2D eigenvalue weighted by Crippen LogP contribution is -1.99. The quantitative estimate of drug-likeness (QED) is 0.0383. The Morgan fingerprint density at radius 1 is 0.579 bits per heavy atom. The van der Waals surface area contributed by atoms with Crippen molar-refractivity contribution < 1.29 is 53.7 Å². The molecule has 24 nitrogen and oxygen atoms in total. The molecular weight excluding hydrogens is 821 g/mol. The van der Waals surface area contributed by atoms with Crippen molar-refractivity contribution in [2.24, 2.45) is 20.5 Å². The van der Waals surface area contributed by atoms with Crippen molar-refractivity contribution in [3.05, 3.63) is 102 Å². The minimum Gasteiger partial charge on any atom is -0.759 e. The summed E-state index contributed by atoms with van der Waals surface area (Å²) in [4.78, 5) is 25.8. The summed E-state index contributed by atoms with van der Waals surface area (Å²) in [5.74, 6) is 0.952. The minimum atomic E-state index is -5.17.